The molecule has 2 aromatic heterocycles. The number of nitrogens with one attached hydrogen (secondary N) is 2. The Bertz CT molecular complexity index is 650. The molecule has 0 aliphatic heterocycles. The number of pyridine rings is 1. The summed E-state index contributed by atoms with van der Waals surface area (Å²) >= 11 is 0. The lowest BCUT2D eigenvalue weighted by atomic mass is 9.76. The van der Waals surface area contributed by atoms with Crippen LogP contribution in [-0.2, 0) is 6.42 Å². The van der Waals surface area contributed by atoms with Crippen molar-refractivity contribution < 1.29 is 9.90 Å². The summed E-state index contributed by atoms with van der Waals surface area (Å²) < 4.78 is 0. The van der Waals surface area contributed by atoms with Gasteiger partial charge in [-0.05, 0) is 43.4 Å². The van der Waals surface area contributed by atoms with Gasteiger partial charge in [0.1, 0.15) is 5.69 Å². The normalized spacial score (nSPS) is 21.5. The Morgan fingerprint density at radius 1 is 1.48 bits per heavy atom. The fourth-order valence-electron chi connectivity index (χ4n) is 2.99. The number of aliphatic hydroxyl groups is 1. The molecule has 0 radical (unpaired) electrons. The SMILES string of the molecule is CCCc1cc(C(=O)NC(c2ccccn2)C2CC(O)C2)n[nH]1. The molecule has 0 saturated heterocycles. The number of aliphatic hydroxyl groups excluding tert-OH is 1. The first kappa shape index (κ1) is 15.7. The van der Waals surface area contributed by atoms with Gasteiger partial charge in [0.2, 0.25) is 0 Å². The predicted octanol–water partition coefficient (Wildman–Crippen LogP) is 2.00. The van der Waals surface area contributed by atoms with Gasteiger partial charge in [-0.3, -0.25) is 14.9 Å². The fraction of sp³-hybridized carbons (Fsp3) is 0.471. The first-order valence-electron chi connectivity index (χ1n) is 8.11. The van der Waals surface area contributed by atoms with Gasteiger partial charge in [0.05, 0.1) is 17.8 Å². The van der Waals surface area contributed by atoms with Gasteiger partial charge in [-0.1, -0.05) is 19.4 Å². The second-order valence-electron chi connectivity index (χ2n) is 6.12. The number of aromatic nitrogens is 3. The highest BCUT2D eigenvalue weighted by Crippen LogP contribution is 2.37. The molecule has 0 bridgehead atoms. The molecule has 3 N–H and O–H groups in total. The van der Waals surface area contributed by atoms with Crippen LogP contribution in [0.25, 0.3) is 0 Å². The van der Waals surface area contributed by atoms with Gasteiger partial charge >= 0.3 is 0 Å². The average molecular weight is 314 g/mol. The largest absolute Gasteiger partial charge is 0.393 e. The molecule has 3 rings (SSSR count). The third kappa shape index (κ3) is 3.59. The number of hydrogen-bond acceptors (Lipinski definition) is 4. The van der Waals surface area contributed by atoms with Crippen LogP contribution < -0.4 is 5.32 Å². The highest BCUT2D eigenvalue weighted by molar-refractivity contribution is 5.92. The Morgan fingerprint density at radius 3 is 2.96 bits per heavy atom. The van der Waals surface area contributed by atoms with Crippen LogP contribution in [0.15, 0.2) is 30.5 Å². The van der Waals surface area contributed by atoms with E-state index in [9.17, 15) is 9.90 Å². The molecular weight excluding hydrogens is 292 g/mol. The van der Waals surface area contributed by atoms with Crippen LogP contribution in [0, 0.1) is 5.92 Å². The Balaban J connectivity index is 1.73. The molecule has 1 fully saturated rings. The minimum Gasteiger partial charge on any atom is -0.393 e. The second kappa shape index (κ2) is 6.91. The zero-order valence-electron chi connectivity index (χ0n) is 13.2. The van der Waals surface area contributed by atoms with E-state index in [0.717, 1.165) is 24.2 Å². The number of nitrogens with zero attached hydrogens (tertiary/aromatic N) is 2. The van der Waals surface area contributed by atoms with Crippen LogP contribution >= 0.6 is 0 Å². The van der Waals surface area contributed by atoms with Gasteiger partial charge in [-0.2, -0.15) is 5.10 Å². The number of amides is 1. The molecule has 2 heterocycles. The lowest BCUT2D eigenvalue weighted by molar-refractivity contribution is 0.0227. The van der Waals surface area contributed by atoms with Crippen LogP contribution in [0.2, 0.25) is 0 Å². The van der Waals surface area contributed by atoms with Gasteiger partial charge < -0.3 is 10.4 Å². The van der Waals surface area contributed by atoms with Gasteiger partial charge in [-0.15, -0.1) is 0 Å². The van der Waals surface area contributed by atoms with Gasteiger partial charge in [0, 0.05) is 11.9 Å². The van der Waals surface area contributed by atoms with Gasteiger partial charge in [-0.25, -0.2) is 0 Å². The average Bonchev–Trinajstić information content (AvgIpc) is 3.00. The number of aromatic amines is 1. The van der Waals surface area contributed by atoms with E-state index in [-0.39, 0.29) is 24.0 Å². The lowest BCUT2D eigenvalue weighted by Gasteiger charge is -2.37. The van der Waals surface area contributed by atoms with E-state index in [1.807, 2.05) is 18.2 Å². The van der Waals surface area contributed by atoms with Crippen LogP contribution in [0.4, 0.5) is 0 Å². The Kier molecular flexibility index (Phi) is 4.71. The first-order valence-corrected chi connectivity index (χ1v) is 8.11. The molecule has 1 aliphatic carbocycles. The summed E-state index contributed by atoms with van der Waals surface area (Å²) in [5.41, 5.74) is 2.18. The Morgan fingerprint density at radius 2 is 2.30 bits per heavy atom. The van der Waals surface area contributed by atoms with Crippen molar-refractivity contribution in [3.8, 4) is 0 Å². The third-order valence-electron chi connectivity index (χ3n) is 4.30. The van der Waals surface area contributed by atoms with E-state index >= 15 is 0 Å². The smallest absolute Gasteiger partial charge is 0.272 e. The number of carbonyl (C=O) groups excluding carboxylic acids is 1. The van der Waals surface area contributed by atoms with Crippen molar-refractivity contribution in [1.29, 1.82) is 0 Å². The van der Waals surface area contributed by atoms with Gasteiger partial charge in [0.25, 0.3) is 5.91 Å². The molecule has 1 amide bonds. The topological polar surface area (TPSA) is 90.9 Å². The first-order chi connectivity index (χ1) is 11.2. The highest BCUT2D eigenvalue weighted by atomic mass is 16.3. The molecule has 6 nitrogen and oxygen atoms in total. The third-order valence-corrected chi connectivity index (χ3v) is 4.30. The van der Waals surface area contributed by atoms with Crippen LogP contribution in [0.3, 0.4) is 0 Å². The minimum atomic E-state index is -0.273. The van der Waals surface area contributed by atoms with E-state index in [1.54, 1.807) is 12.3 Å². The molecule has 2 aromatic rings. The molecule has 1 unspecified atom stereocenters. The maximum Gasteiger partial charge on any atom is 0.272 e. The Hall–Kier alpha value is -2.21. The summed E-state index contributed by atoms with van der Waals surface area (Å²) in [6.07, 6.45) is 4.69. The molecule has 0 aromatic carbocycles. The molecular formula is C17H22N4O2. The summed E-state index contributed by atoms with van der Waals surface area (Å²) in [7, 11) is 0. The number of carbonyl (C=O) groups is 1. The standard InChI is InChI=1S/C17H22N4O2/c1-2-5-12-10-15(21-20-12)17(23)19-16(11-8-13(22)9-11)14-6-3-4-7-18-14/h3-4,6-7,10-11,13,16,22H,2,5,8-9H2,1H3,(H,19,23)(H,20,21). The van der Waals surface area contributed by atoms with E-state index in [0.29, 0.717) is 18.5 Å². The van der Waals surface area contributed by atoms with Crippen LogP contribution in [0.5, 0.6) is 0 Å². The van der Waals surface area contributed by atoms with E-state index in [2.05, 4.69) is 27.4 Å². The minimum absolute atomic E-state index is 0.196. The monoisotopic (exact) mass is 314 g/mol. The molecule has 1 saturated carbocycles. The van der Waals surface area contributed by atoms with Crippen molar-refractivity contribution in [2.24, 2.45) is 5.92 Å². The quantitative estimate of drug-likeness (QED) is 0.760. The van der Waals surface area contributed by atoms with E-state index < -0.39 is 0 Å². The number of hydrogen-bond donors (Lipinski definition) is 3. The summed E-state index contributed by atoms with van der Waals surface area (Å²) in [5, 5.41) is 19.6. The highest BCUT2D eigenvalue weighted by Gasteiger charge is 2.36. The summed E-state index contributed by atoms with van der Waals surface area (Å²) in [4.78, 5) is 16.9. The van der Waals surface area contributed by atoms with Crippen LogP contribution in [0.1, 0.15) is 54.1 Å². The summed E-state index contributed by atoms with van der Waals surface area (Å²) in [6.45, 7) is 2.08. The van der Waals surface area contributed by atoms with Crippen molar-refractivity contribution in [2.45, 2.75) is 44.8 Å². The van der Waals surface area contributed by atoms with E-state index in [4.69, 9.17) is 0 Å². The maximum atomic E-state index is 12.5. The number of H-pyrrole nitrogens is 1. The summed E-state index contributed by atoms with van der Waals surface area (Å²) in [6, 6.07) is 7.26. The van der Waals surface area contributed by atoms with Crippen molar-refractivity contribution in [3.05, 3.63) is 47.5 Å². The van der Waals surface area contributed by atoms with Gasteiger partial charge in [0.15, 0.2) is 0 Å². The summed E-state index contributed by atoms with van der Waals surface area (Å²) in [5.74, 6) is -0.00134. The zero-order chi connectivity index (χ0) is 16.2. The maximum absolute atomic E-state index is 12.5. The molecule has 23 heavy (non-hydrogen) atoms. The number of aryl methyl sites for hydroxylation is 1. The lowest BCUT2D eigenvalue weighted by Crippen LogP contribution is -2.41. The zero-order valence-corrected chi connectivity index (χ0v) is 13.2. The van der Waals surface area contributed by atoms with Crippen LogP contribution in [-0.4, -0.2) is 32.3 Å². The fourth-order valence-corrected chi connectivity index (χ4v) is 2.99. The van der Waals surface area contributed by atoms with Crippen molar-refractivity contribution in [3.63, 3.8) is 0 Å². The Labute approximate surface area is 135 Å². The molecule has 1 atom stereocenters. The molecule has 1 aliphatic rings. The molecule has 122 valence electrons. The second-order valence-corrected chi connectivity index (χ2v) is 6.12. The predicted molar refractivity (Wildman–Crippen MR) is 85.8 cm³/mol. The molecule has 0 spiro atoms. The number of rotatable bonds is 6. The van der Waals surface area contributed by atoms with Crippen molar-refractivity contribution >= 4 is 5.91 Å². The van der Waals surface area contributed by atoms with Crippen molar-refractivity contribution in [1.82, 2.24) is 20.5 Å². The van der Waals surface area contributed by atoms with E-state index in [1.165, 1.54) is 0 Å². The molecule has 6 heteroatoms. The van der Waals surface area contributed by atoms with Crippen molar-refractivity contribution in [2.75, 3.05) is 0 Å².